The van der Waals surface area contributed by atoms with Gasteiger partial charge in [-0.2, -0.15) is 5.26 Å². The number of carbonyl (C=O) groups excluding carboxylic acids is 1. The number of likely N-dealkylation sites (tertiary alicyclic amines) is 1. The predicted octanol–water partition coefficient (Wildman–Crippen LogP) is 2.10. The third kappa shape index (κ3) is 3.28. The zero-order valence-electron chi connectivity index (χ0n) is 14.2. The van der Waals surface area contributed by atoms with E-state index in [-0.39, 0.29) is 12.0 Å². The van der Waals surface area contributed by atoms with E-state index in [1.165, 1.54) is 18.7 Å². The molecule has 2 saturated heterocycles. The van der Waals surface area contributed by atoms with Crippen molar-refractivity contribution >= 4 is 5.91 Å². The molecule has 7 nitrogen and oxygen atoms in total. The highest BCUT2D eigenvalue weighted by Gasteiger charge is 2.45. The maximum absolute atomic E-state index is 12.5. The van der Waals surface area contributed by atoms with E-state index in [0.29, 0.717) is 55.1 Å². The van der Waals surface area contributed by atoms with Gasteiger partial charge in [0.1, 0.15) is 12.3 Å². The molecule has 2 aromatic rings. The fourth-order valence-electron chi connectivity index (χ4n) is 3.68. The standard InChI is InChI=1S/C19H19N3O4/c20-7-13-1-2-18(21-8-13)25-6-4-14-12-26-17-10-22(9-16(14)17)19(23)15-3-5-24-11-15/h1-3,5,8,11,14,16-17H,4,6,9-10,12H2/t14-,16-,17-/m0/s1. The van der Waals surface area contributed by atoms with Crippen molar-refractivity contribution in [1.82, 2.24) is 9.88 Å². The lowest BCUT2D eigenvalue weighted by atomic mass is 9.91. The lowest BCUT2D eigenvalue weighted by Crippen LogP contribution is -2.31. The Morgan fingerprint density at radius 1 is 1.38 bits per heavy atom. The minimum absolute atomic E-state index is 0.00599. The van der Waals surface area contributed by atoms with Crippen molar-refractivity contribution in [1.29, 1.82) is 5.26 Å². The van der Waals surface area contributed by atoms with Crippen molar-refractivity contribution in [2.75, 3.05) is 26.3 Å². The summed E-state index contributed by atoms with van der Waals surface area (Å²) in [4.78, 5) is 18.4. The van der Waals surface area contributed by atoms with Gasteiger partial charge < -0.3 is 18.8 Å². The number of carbonyl (C=O) groups is 1. The maximum atomic E-state index is 12.5. The number of rotatable bonds is 5. The van der Waals surface area contributed by atoms with Crippen molar-refractivity contribution in [3.63, 3.8) is 0 Å². The largest absolute Gasteiger partial charge is 0.478 e. The monoisotopic (exact) mass is 353 g/mol. The number of furan rings is 1. The Morgan fingerprint density at radius 2 is 2.31 bits per heavy atom. The van der Waals surface area contributed by atoms with E-state index in [9.17, 15) is 4.79 Å². The van der Waals surface area contributed by atoms with Crippen LogP contribution in [-0.4, -0.2) is 48.2 Å². The Hall–Kier alpha value is -2.85. The second-order valence-electron chi connectivity index (χ2n) is 6.65. The fourth-order valence-corrected chi connectivity index (χ4v) is 3.68. The van der Waals surface area contributed by atoms with E-state index in [1.54, 1.807) is 18.2 Å². The lowest BCUT2D eigenvalue weighted by Gasteiger charge is -2.19. The second-order valence-corrected chi connectivity index (χ2v) is 6.65. The molecule has 0 spiro atoms. The Kier molecular flexibility index (Phi) is 4.59. The smallest absolute Gasteiger partial charge is 0.257 e. The van der Waals surface area contributed by atoms with E-state index in [0.717, 1.165) is 6.42 Å². The number of aromatic nitrogens is 1. The molecule has 0 N–H and O–H groups in total. The summed E-state index contributed by atoms with van der Waals surface area (Å²) in [6.45, 7) is 2.57. The summed E-state index contributed by atoms with van der Waals surface area (Å²) in [5.41, 5.74) is 1.09. The highest BCUT2D eigenvalue weighted by atomic mass is 16.5. The van der Waals surface area contributed by atoms with Crippen LogP contribution in [0.2, 0.25) is 0 Å². The quantitative estimate of drug-likeness (QED) is 0.818. The molecule has 2 aliphatic heterocycles. The van der Waals surface area contributed by atoms with Crippen LogP contribution < -0.4 is 4.74 Å². The van der Waals surface area contributed by atoms with E-state index in [2.05, 4.69) is 4.98 Å². The van der Waals surface area contributed by atoms with Gasteiger partial charge in [-0.15, -0.1) is 0 Å². The van der Waals surface area contributed by atoms with Crippen molar-refractivity contribution < 1.29 is 18.7 Å². The molecular formula is C19H19N3O4. The van der Waals surface area contributed by atoms with Gasteiger partial charge in [-0.25, -0.2) is 4.98 Å². The Bertz CT molecular complexity index is 797. The number of hydrogen-bond acceptors (Lipinski definition) is 6. The van der Waals surface area contributed by atoms with Crippen LogP contribution in [0, 0.1) is 23.2 Å². The third-order valence-electron chi connectivity index (χ3n) is 5.10. The van der Waals surface area contributed by atoms with Gasteiger partial charge in [0.05, 0.1) is 36.7 Å². The average molecular weight is 353 g/mol. The Balaban J connectivity index is 1.29. The summed E-state index contributed by atoms with van der Waals surface area (Å²) in [7, 11) is 0. The summed E-state index contributed by atoms with van der Waals surface area (Å²) in [6.07, 6.45) is 5.44. The molecule has 3 atom stereocenters. The molecule has 4 rings (SSSR count). The molecule has 0 saturated carbocycles. The molecule has 0 aromatic carbocycles. The van der Waals surface area contributed by atoms with Crippen LogP contribution in [0.25, 0.3) is 0 Å². The molecular weight excluding hydrogens is 334 g/mol. The van der Waals surface area contributed by atoms with Gasteiger partial charge in [-0.05, 0) is 24.5 Å². The highest BCUT2D eigenvalue weighted by molar-refractivity contribution is 5.94. The minimum Gasteiger partial charge on any atom is -0.478 e. The van der Waals surface area contributed by atoms with Crippen LogP contribution in [0.4, 0.5) is 0 Å². The zero-order valence-corrected chi connectivity index (χ0v) is 14.2. The van der Waals surface area contributed by atoms with Gasteiger partial charge in [0.25, 0.3) is 5.91 Å². The summed E-state index contributed by atoms with van der Waals surface area (Å²) >= 11 is 0. The number of hydrogen-bond donors (Lipinski definition) is 0. The van der Waals surface area contributed by atoms with Gasteiger partial charge in [-0.1, -0.05) is 0 Å². The lowest BCUT2D eigenvalue weighted by molar-refractivity contribution is 0.0671. The topological polar surface area (TPSA) is 88.6 Å². The van der Waals surface area contributed by atoms with Crippen LogP contribution in [0.3, 0.4) is 0 Å². The van der Waals surface area contributed by atoms with Crippen molar-refractivity contribution in [3.8, 4) is 11.9 Å². The number of amides is 1. The van der Waals surface area contributed by atoms with E-state index < -0.39 is 0 Å². The summed E-state index contributed by atoms with van der Waals surface area (Å²) in [6, 6.07) is 7.11. The average Bonchev–Trinajstić information content (AvgIpc) is 3.40. The van der Waals surface area contributed by atoms with Crippen LogP contribution in [0.15, 0.2) is 41.3 Å². The molecule has 2 aliphatic rings. The van der Waals surface area contributed by atoms with Gasteiger partial charge in [0.2, 0.25) is 5.88 Å². The van der Waals surface area contributed by atoms with Gasteiger partial charge >= 0.3 is 0 Å². The first-order valence-electron chi connectivity index (χ1n) is 8.66. The normalized spacial score (nSPS) is 24.3. The molecule has 0 bridgehead atoms. The first-order valence-corrected chi connectivity index (χ1v) is 8.66. The third-order valence-corrected chi connectivity index (χ3v) is 5.10. The summed E-state index contributed by atoms with van der Waals surface area (Å²) < 4.78 is 16.6. The maximum Gasteiger partial charge on any atom is 0.257 e. The van der Waals surface area contributed by atoms with E-state index in [4.69, 9.17) is 19.2 Å². The molecule has 0 aliphatic carbocycles. The van der Waals surface area contributed by atoms with Crippen LogP contribution in [0.1, 0.15) is 22.3 Å². The molecule has 0 radical (unpaired) electrons. The Morgan fingerprint density at radius 3 is 3.04 bits per heavy atom. The predicted molar refractivity (Wildman–Crippen MR) is 90.4 cm³/mol. The Labute approximate surface area is 151 Å². The molecule has 134 valence electrons. The summed E-state index contributed by atoms with van der Waals surface area (Å²) in [5, 5.41) is 8.78. The van der Waals surface area contributed by atoms with Crippen molar-refractivity contribution in [2.45, 2.75) is 12.5 Å². The number of fused-ring (bicyclic) bond motifs is 1. The van der Waals surface area contributed by atoms with Crippen molar-refractivity contribution in [3.05, 3.63) is 48.0 Å². The first kappa shape index (κ1) is 16.6. The number of nitriles is 1. The van der Waals surface area contributed by atoms with E-state index in [1.807, 2.05) is 11.0 Å². The molecule has 7 heteroatoms. The number of pyridine rings is 1. The van der Waals surface area contributed by atoms with Gasteiger partial charge in [0.15, 0.2) is 0 Å². The van der Waals surface area contributed by atoms with E-state index >= 15 is 0 Å². The number of ether oxygens (including phenoxy) is 2. The van der Waals surface area contributed by atoms with Crippen LogP contribution in [-0.2, 0) is 4.74 Å². The minimum atomic E-state index is -0.00599. The molecule has 2 aromatic heterocycles. The zero-order chi connectivity index (χ0) is 17.9. The van der Waals surface area contributed by atoms with Gasteiger partial charge in [-0.3, -0.25) is 4.79 Å². The molecule has 26 heavy (non-hydrogen) atoms. The van der Waals surface area contributed by atoms with Crippen molar-refractivity contribution in [2.24, 2.45) is 11.8 Å². The second kappa shape index (κ2) is 7.18. The molecule has 2 fully saturated rings. The molecule has 0 unspecified atom stereocenters. The first-order chi connectivity index (χ1) is 12.7. The fraction of sp³-hybridized carbons (Fsp3) is 0.421. The molecule has 4 heterocycles. The molecule has 1 amide bonds. The number of nitrogens with zero attached hydrogens (tertiary/aromatic N) is 3. The van der Waals surface area contributed by atoms with Crippen LogP contribution in [0.5, 0.6) is 5.88 Å². The van der Waals surface area contributed by atoms with Crippen LogP contribution >= 0.6 is 0 Å². The highest BCUT2D eigenvalue weighted by Crippen LogP contribution is 2.36. The SMILES string of the molecule is N#Cc1ccc(OCC[C@H]2CO[C@H]3CN(C(=O)c4ccoc4)C[C@@H]23)nc1. The summed E-state index contributed by atoms with van der Waals surface area (Å²) in [5.74, 6) is 1.21. The van der Waals surface area contributed by atoms with Gasteiger partial charge in [0, 0.05) is 31.3 Å².